The van der Waals surface area contributed by atoms with Crippen molar-refractivity contribution in [2.24, 2.45) is 0 Å². The zero-order valence-corrected chi connectivity index (χ0v) is 16.2. The SMILES string of the molecule is COC(C)(CNC(=O)C(=O)Nc1ccc(OC(F)(F)F)cc1)c1cccc(Cl)c1. The van der Waals surface area contributed by atoms with E-state index in [0.717, 1.165) is 12.1 Å². The molecule has 0 spiro atoms. The summed E-state index contributed by atoms with van der Waals surface area (Å²) < 4.78 is 45.7. The van der Waals surface area contributed by atoms with Crippen LogP contribution in [-0.4, -0.2) is 31.8 Å². The molecule has 1 unspecified atom stereocenters. The lowest BCUT2D eigenvalue weighted by Gasteiger charge is -2.29. The fraction of sp³-hybridized carbons (Fsp3) is 0.263. The Morgan fingerprint density at radius 1 is 1.07 bits per heavy atom. The first-order valence-electron chi connectivity index (χ1n) is 8.28. The second kappa shape index (κ2) is 9.15. The van der Waals surface area contributed by atoms with Crippen LogP contribution in [0.4, 0.5) is 18.9 Å². The second-order valence-corrected chi connectivity index (χ2v) is 6.59. The Morgan fingerprint density at radius 2 is 1.72 bits per heavy atom. The van der Waals surface area contributed by atoms with Gasteiger partial charge in [-0.05, 0) is 48.9 Å². The van der Waals surface area contributed by atoms with E-state index in [1.165, 1.54) is 19.2 Å². The minimum absolute atomic E-state index is 0.0194. The normalized spacial score (nSPS) is 13.3. The number of alkyl halides is 3. The fourth-order valence-corrected chi connectivity index (χ4v) is 2.56. The van der Waals surface area contributed by atoms with Gasteiger partial charge in [-0.1, -0.05) is 23.7 Å². The zero-order valence-electron chi connectivity index (χ0n) is 15.5. The molecule has 0 heterocycles. The van der Waals surface area contributed by atoms with Crippen LogP contribution in [0.15, 0.2) is 48.5 Å². The summed E-state index contributed by atoms with van der Waals surface area (Å²) in [5, 5.41) is 5.24. The number of hydrogen-bond donors (Lipinski definition) is 2. The van der Waals surface area contributed by atoms with Gasteiger partial charge in [-0.15, -0.1) is 13.2 Å². The highest BCUT2D eigenvalue weighted by Gasteiger charge is 2.31. The fourth-order valence-electron chi connectivity index (χ4n) is 2.37. The predicted octanol–water partition coefficient (Wildman–Crippen LogP) is 3.86. The average molecular weight is 431 g/mol. The maximum absolute atomic E-state index is 12.2. The summed E-state index contributed by atoms with van der Waals surface area (Å²) in [5.41, 5.74) is -0.102. The van der Waals surface area contributed by atoms with Gasteiger partial charge in [0.2, 0.25) is 0 Å². The minimum atomic E-state index is -4.82. The maximum Gasteiger partial charge on any atom is 0.573 e. The van der Waals surface area contributed by atoms with E-state index >= 15 is 0 Å². The molecule has 0 aromatic heterocycles. The van der Waals surface area contributed by atoms with Crippen LogP contribution in [0.3, 0.4) is 0 Å². The number of carbonyl (C=O) groups is 2. The molecule has 0 bridgehead atoms. The van der Waals surface area contributed by atoms with Crippen molar-refractivity contribution in [3.63, 3.8) is 0 Å². The molecule has 0 aliphatic rings. The number of benzene rings is 2. The van der Waals surface area contributed by atoms with Crippen molar-refractivity contribution in [1.82, 2.24) is 5.32 Å². The molecule has 2 N–H and O–H groups in total. The second-order valence-electron chi connectivity index (χ2n) is 6.15. The maximum atomic E-state index is 12.2. The molecule has 0 aliphatic heterocycles. The van der Waals surface area contributed by atoms with Crippen LogP contribution in [0.1, 0.15) is 12.5 Å². The number of rotatable bonds is 6. The molecule has 0 fully saturated rings. The van der Waals surface area contributed by atoms with Crippen LogP contribution < -0.4 is 15.4 Å². The highest BCUT2D eigenvalue weighted by Crippen LogP contribution is 2.26. The molecule has 0 aliphatic carbocycles. The van der Waals surface area contributed by atoms with Crippen LogP contribution in [-0.2, 0) is 19.9 Å². The summed E-state index contributed by atoms with van der Waals surface area (Å²) in [6.45, 7) is 1.70. The summed E-state index contributed by atoms with van der Waals surface area (Å²) in [5.74, 6) is -2.37. The number of methoxy groups -OCH3 is 1. The van der Waals surface area contributed by atoms with Crippen molar-refractivity contribution >= 4 is 29.1 Å². The third-order valence-corrected chi connectivity index (χ3v) is 4.26. The topological polar surface area (TPSA) is 76.7 Å². The Morgan fingerprint density at radius 3 is 2.28 bits per heavy atom. The number of nitrogens with one attached hydrogen (secondary N) is 2. The van der Waals surface area contributed by atoms with Gasteiger partial charge in [0.15, 0.2) is 0 Å². The van der Waals surface area contributed by atoms with Crippen LogP contribution in [0.2, 0.25) is 5.02 Å². The van der Waals surface area contributed by atoms with Gasteiger partial charge < -0.3 is 20.1 Å². The van der Waals surface area contributed by atoms with Crippen molar-refractivity contribution in [1.29, 1.82) is 0 Å². The van der Waals surface area contributed by atoms with Crippen molar-refractivity contribution in [3.8, 4) is 5.75 Å². The molecule has 156 valence electrons. The first-order valence-corrected chi connectivity index (χ1v) is 8.66. The smallest absolute Gasteiger partial charge is 0.406 e. The molecular formula is C19H18ClF3N2O4. The molecule has 2 aromatic carbocycles. The van der Waals surface area contributed by atoms with E-state index in [9.17, 15) is 22.8 Å². The lowest BCUT2D eigenvalue weighted by molar-refractivity contribution is -0.274. The molecule has 10 heteroatoms. The molecule has 2 amide bonds. The van der Waals surface area contributed by atoms with Crippen molar-refractivity contribution in [3.05, 3.63) is 59.1 Å². The van der Waals surface area contributed by atoms with Crippen molar-refractivity contribution < 1.29 is 32.2 Å². The molecule has 0 radical (unpaired) electrons. The van der Waals surface area contributed by atoms with E-state index in [1.807, 2.05) is 0 Å². The van der Waals surface area contributed by atoms with Gasteiger partial charge in [0, 0.05) is 17.8 Å². The first kappa shape index (κ1) is 22.5. The number of anilines is 1. The van der Waals surface area contributed by atoms with Gasteiger partial charge in [0.1, 0.15) is 11.4 Å². The molecule has 6 nitrogen and oxygen atoms in total. The van der Waals surface area contributed by atoms with E-state index in [4.69, 9.17) is 16.3 Å². The molecule has 2 aromatic rings. The molecule has 2 rings (SSSR count). The Balaban J connectivity index is 1.95. The molecular weight excluding hydrogens is 413 g/mol. The zero-order chi connectivity index (χ0) is 21.7. The van der Waals surface area contributed by atoms with Gasteiger partial charge in [0.25, 0.3) is 0 Å². The first-order chi connectivity index (χ1) is 13.5. The van der Waals surface area contributed by atoms with E-state index in [2.05, 4.69) is 15.4 Å². The van der Waals surface area contributed by atoms with Gasteiger partial charge in [-0.3, -0.25) is 9.59 Å². The van der Waals surface area contributed by atoms with Gasteiger partial charge >= 0.3 is 18.2 Å². The van der Waals surface area contributed by atoms with Gasteiger partial charge in [0.05, 0.1) is 6.54 Å². The van der Waals surface area contributed by atoms with Crippen molar-refractivity contribution in [2.45, 2.75) is 18.9 Å². The third kappa shape index (κ3) is 6.65. The number of hydrogen-bond acceptors (Lipinski definition) is 4. The number of ether oxygens (including phenoxy) is 2. The van der Waals surface area contributed by atoms with Crippen molar-refractivity contribution in [2.75, 3.05) is 19.0 Å². The molecule has 29 heavy (non-hydrogen) atoms. The Labute approximate surface area is 169 Å². The van der Waals surface area contributed by atoms with E-state index in [1.54, 1.807) is 31.2 Å². The van der Waals surface area contributed by atoms with Crippen LogP contribution in [0.5, 0.6) is 5.75 Å². The molecule has 0 saturated carbocycles. The lowest BCUT2D eigenvalue weighted by atomic mass is 9.95. The highest BCUT2D eigenvalue weighted by atomic mass is 35.5. The van der Waals surface area contributed by atoms with E-state index in [-0.39, 0.29) is 12.2 Å². The average Bonchev–Trinajstić information content (AvgIpc) is 2.66. The summed E-state index contributed by atoms with van der Waals surface area (Å²) in [4.78, 5) is 24.1. The van der Waals surface area contributed by atoms with Crippen LogP contribution >= 0.6 is 11.6 Å². The van der Waals surface area contributed by atoms with E-state index in [0.29, 0.717) is 10.6 Å². The van der Waals surface area contributed by atoms with Gasteiger partial charge in [-0.25, -0.2) is 0 Å². The third-order valence-electron chi connectivity index (χ3n) is 4.02. The van der Waals surface area contributed by atoms with Crippen LogP contribution in [0.25, 0.3) is 0 Å². The molecule has 1 atom stereocenters. The van der Waals surface area contributed by atoms with Crippen LogP contribution in [0, 0.1) is 0 Å². The standard InChI is InChI=1S/C19H18ClF3N2O4/c1-18(28-2,12-4-3-5-13(20)10-12)11-24-16(26)17(27)25-14-6-8-15(9-7-14)29-19(21,22)23/h3-10H,11H2,1-2H3,(H,24,26)(H,25,27). The lowest BCUT2D eigenvalue weighted by Crippen LogP contribution is -2.44. The minimum Gasteiger partial charge on any atom is -0.406 e. The monoisotopic (exact) mass is 430 g/mol. The largest absolute Gasteiger partial charge is 0.573 e. The Hall–Kier alpha value is -2.78. The summed E-state index contributed by atoms with van der Waals surface area (Å²) in [6, 6.07) is 11.3. The molecule has 0 saturated heterocycles. The quantitative estimate of drug-likeness (QED) is 0.682. The summed E-state index contributed by atoms with van der Waals surface area (Å²) >= 11 is 5.98. The Bertz CT molecular complexity index is 875. The summed E-state index contributed by atoms with van der Waals surface area (Å²) in [7, 11) is 1.46. The number of halogens is 4. The van der Waals surface area contributed by atoms with E-state index < -0.39 is 29.5 Å². The summed E-state index contributed by atoms with van der Waals surface area (Å²) in [6.07, 6.45) is -4.82. The van der Waals surface area contributed by atoms with Gasteiger partial charge in [-0.2, -0.15) is 0 Å². The Kier molecular flexibility index (Phi) is 7.10. The predicted molar refractivity (Wildman–Crippen MR) is 101 cm³/mol. The number of amides is 2. The highest BCUT2D eigenvalue weighted by molar-refractivity contribution is 6.39. The number of carbonyl (C=O) groups excluding carboxylic acids is 2.